The number of aromatic nitrogens is 3. The van der Waals surface area contributed by atoms with E-state index < -0.39 is 0 Å². The Balaban J connectivity index is 1.30. The van der Waals surface area contributed by atoms with Crippen LogP contribution < -0.4 is 0 Å². The fraction of sp³-hybridized carbons (Fsp3) is 0. The summed E-state index contributed by atoms with van der Waals surface area (Å²) in [5.41, 5.74) is 15.9. The summed E-state index contributed by atoms with van der Waals surface area (Å²) in [4.78, 5) is 0. The van der Waals surface area contributed by atoms with Crippen molar-refractivity contribution in [1.29, 1.82) is 0 Å². The molecule has 0 unspecified atom stereocenters. The fourth-order valence-corrected chi connectivity index (χ4v) is 7.95. The third-order valence-electron chi connectivity index (χ3n) is 10.4. The first-order valence-electron chi connectivity index (χ1n) is 18.5. The van der Waals surface area contributed by atoms with Crippen LogP contribution in [0.2, 0.25) is 0 Å². The van der Waals surface area contributed by atoms with Crippen LogP contribution in [0.5, 0.6) is 0 Å². The van der Waals surface area contributed by atoms with Gasteiger partial charge in [-0.25, -0.2) is 0 Å². The standard InChI is InChI=1S/C51H33N3O/c1-4-18-34(19-5-1)37-24-10-12-26-39(37)41-32-33-46-49(44-30-16-17-31-45(44)55-46)48(41)40-27-13-15-29-43(40)51-47(36-22-8-3-9-23-36)50(52-54-53-51)42-28-14-11-25-38(42)35-20-6-2-7-21-35/h1-33H. The van der Waals surface area contributed by atoms with E-state index in [4.69, 9.17) is 14.6 Å². The minimum atomic E-state index is 0.752. The highest BCUT2D eigenvalue weighted by Crippen LogP contribution is 2.49. The summed E-state index contributed by atoms with van der Waals surface area (Å²) in [6.45, 7) is 0. The molecule has 55 heavy (non-hydrogen) atoms. The van der Waals surface area contributed by atoms with Gasteiger partial charge in [0.15, 0.2) is 0 Å². The largest absolute Gasteiger partial charge is 0.456 e. The lowest BCUT2D eigenvalue weighted by Gasteiger charge is -2.20. The second-order valence-corrected chi connectivity index (χ2v) is 13.6. The predicted octanol–water partition coefficient (Wildman–Crippen LogP) is 13.4. The summed E-state index contributed by atoms with van der Waals surface area (Å²) in [5, 5.41) is 16.4. The minimum Gasteiger partial charge on any atom is -0.456 e. The molecule has 2 heterocycles. The van der Waals surface area contributed by atoms with Gasteiger partial charge < -0.3 is 4.42 Å². The molecule has 0 aliphatic carbocycles. The molecule has 0 amide bonds. The molecular weight excluding hydrogens is 671 g/mol. The zero-order valence-electron chi connectivity index (χ0n) is 29.8. The molecule has 0 N–H and O–H groups in total. The number of furan rings is 1. The van der Waals surface area contributed by atoms with Crippen molar-refractivity contribution in [3.8, 4) is 78.1 Å². The molecule has 8 aromatic carbocycles. The van der Waals surface area contributed by atoms with Gasteiger partial charge in [0.05, 0.1) is 0 Å². The number of hydrogen-bond acceptors (Lipinski definition) is 4. The van der Waals surface area contributed by atoms with Gasteiger partial charge in [-0.05, 0) is 67.9 Å². The number of nitrogens with zero attached hydrogens (tertiary/aromatic N) is 3. The Morgan fingerprint density at radius 3 is 1.36 bits per heavy atom. The van der Waals surface area contributed by atoms with E-state index in [-0.39, 0.29) is 0 Å². The number of fused-ring (bicyclic) bond motifs is 3. The molecule has 0 spiro atoms. The van der Waals surface area contributed by atoms with Crippen molar-refractivity contribution in [2.75, 3.05) is 0 Å². The summed E-state index contributed by atoms with van der Waals surface area (Å²) < 4.78 is 6.55. The van der Waals surface area contributed by atoms with Crippen LogP contribution in [0.3, 0.4) is 0 Å². The molecule has 10 rings (SSSR count). The van der Waals surface area contributed by atoms with Crippen LogP contribution in [0.1, 0.15) is 0 Å². The van der Waals surface area contributed by atoms with Crippen molar-refractivity contribution in [2.45, 2.75) is 0 Å². The molecule has 4 heteroatoms. The van der Waals surface area contributed by atoms with E-state index in [1.165, 1.54) is 0 Å². The zero-order chi connectivity index (χ0) is 36.6. The molecule has 0 bridgehead atoms. The van der Waals surface area contributed by atoms with Crippen molar-refractivity contribution in [2.24, 2.45) is 0 Å². The van der Waals surface area contributed by atoms with E-state index in [1.807, 2.05) is 24.3 Å². The molecule has 0 aliphatic heterocycles. The number of hydrogen-bond donors (Lipinski definition) is 0. The molecule has 0 fully saturated rings. The maximum absolute atomic E-state index is 6.55. The van der Waals surface area contributed by atoms with Gasteiger partial charge in [0.25, 0.3) is 0 Å². The van der Waals surface area contributed by atoms with Crippen LogP contribution in [0, 0.1) is 0 Å². The molecule has 0 saturated heterocycles. The SMILES string of the molecule is c1ccc(-c2ccccc2-c2ccc3oc4ccccc4c3c2-c2ccccc2-c2nnnc(-c3ccccc3-c3ccccc3)c2-c2ccccc2)cc1. The van der Waals surface area contributed by atoms with Crippen LogP contribution in [0.4, 0.5) is 0 Å². The molecular formula is C51H33N3O. The van der Waals surface area contributed by atoms with E-state index in [0.29, 0.717) is 0 Å². The second kappa shape index (κ2) is 13.8. The zero-order valence-corrected chi connectivity index (χ0v) is 29.8. The highest BCUT2D eigenvalue weighted by atomic mass is 16.3. The van der Waals surface area contributed by atoms with Gasteiger partial charge in [0.2, 0.25) is 0 Å². The lowest BCUT2D eigenvalue weighted by Crippen LogP contribution is -2.02. The highest BCUT2D eigenvalue weighted by Gasteiger charge is 2.26. The normalized spacial score (nSPS) is 11.3. The number of para-hydroxylation sites is 1. The van der Waals surface area contributed by atoms with Gasteiger partial charge in [0.1, 0.15) is 22.6 Å². The van der Waals surface area contributed by atoms with Crippen molar-refractivity contribution in [3.05, 3.63) is 200 Å². The predicted molar refractivity (Wildman–Crippen MR) is 225 cm³/mol. The van der Waals surface area contributed by atoms with Gasteiger partial charge in [0, 0.05) is 33.0 Å². The van der Waals surface area contributed by atoms with Gasteiger partial charge >= 0.3 is 0 Å². The minimum absolute atomic E-state index is 0.752. The first-order valence-corrected chi connectivity index (χ1v) is 18.5. The van der Waals surface area contributed by atoms with Crippen molar-refractivity contribution < 1.29 is 4.42 Å². The molecule has 4 nitrogen and oxygen atoms in total. The number of rotatable bonds is 7. The highest BCUT2D eigenvalue weighted by molar-refractivity contribution is 6.18. The molecule has 0 saturated carbocycles. The lowest BCUT2D eigenvalue weighted by atomic mass is 9.84. The van der Waals surface area contributed by atoms with Gasteiger partial charge in [-0.2, -0.15) is 0 Å². The topological polar surface area (TPSA) is 51.8 Å². The third-order valence-corrected chi connectivity index (χ3v) is 10.4. The Labute approximate surface area is 319 Å². The maximum Gasteiger partial charge on any atom is 0.136 e. The van der Waals surface area contributed by atoms with Crippen LogP contribution in [0.25, 0.3) is 100 Å². The van der Waals surface area contributed by atoms with Crippen LogP contribution in [-0.4, -0.2) is 15.4 Å². The van der Waals surface area contributed by atoms with Crippen molar-refractivity contribution in [1.82, 2.24) is 15.4 Å². The lowest BCUT2D eigenvalue weighted by molar-refractivity contribution is 0.669. The van der Waals surface area contributed by atoms with E-state index >= 15 is 0 Å². The molecule has 0 radical (unpaired) electrons. The second-order valence-electron chi connectivity index (χ2n) is 13.6. The molecule has 0 atom stereocenters. The van der Waals surface area contributed by atoms with Gasteiger partial charge in [-0.15, -0.1) is 10.2 Å². The summed E-state index contributed by atoms with van der Waals surface area (Å²) in [5.74, 6) is 0. The van der Waals surface area contributed by atoms with Crippen molar-refractivity contribution >= 4 is 21.9 Å². The Hall–Kier alpha value is -7.43. The number of benzene rings is 8. The van der Waals surface area contributed by atoms with Crippen LogP contribution in [0.15, 0.2) is 205 Å². The van der Waals surface area contributed by atoms with E-state index in [1.54, 1.807) is 0 Å². The van der Waals surface area contributed by atoms with E-state index in [0.717, 1.165) is 100 Å². The summed E-state index contributed by atoms with van der Waals surface area (Å²) in [6, 6.07) is 69.7. The Bertz CT molecular complexity index is 2970. The molecule has 0 aliphatic rings. The van der Waals surface area contributed by atoms with Gasteiger partial charge in [-0.3, -0.25) is 0 Å². The Kier molecular flexibility index (Phi) is 8.12. The summed E-state index contributed by atoms with van der Waals surface area (Å²) in [6.07, 6.45) is 0. The van der Waals surface area contributed by atoms with Crippen molar-refractivity contribution in [3.63, 3.8) is 0 Å². The van der Waals surface area contributed by atoms with E-state index in [2.05, 4.69) is 181 Å². The first kappa shape index (κ1) is 32.2. The Morgan fingerprint density at radius 2 is 0.745 bits per heavy atom. The molecule has 10 aromatic rings. The average Bonchev–Trinajstić information content (AvgIpc) is 3.66. The fourth-order valence-electron chi connectivity index (χ4n) is 7.95. The maximum atomic E-state index is 6.55. The van der Waals surface area contributed by atoms with Gasteiger partial charge in [-0.1, -0.05) is 182 Å². The van der Waals surface area contributed by atoms with E-state index in [9.17, 15) is 0 Å². The summed E-state index contributed by atoms with van der Waals surface area (Å²) in [7, 11) is 0. The summed E-state index contributed by atoms with van der Waals surface area (Å²) >= 11 is 0. The third kappa shape index (κ3) is 5.68. The molecule has 258 valence electrons. The monoisotopic (exact) mass is 703 g/mol. The molecule has 2 aromatic heterocycles. The smallest absolute Gasteiger partial charge is 0.136 e. The average molecular weight is 704 g/mol. The van der Waals surface area contributed by atoms with Crippen LogP contribution in [-0.2, 0) is 0 Å². The quantitative estimate of drug-likeness (QED) is 0.166. The Morgan fingerprint density at radius 1 is 0.291 bits per heavy atom. The van der Waals surface area contributed by atoms with Crippen LogP contribution >= 0.6 is 0 Å². The first-order chi connectivity index (χ1) is 27.3.